The van der Waals surface area contributed by atoms with E-state index >= 15 is 0 Å². The molecule has 0 saturated heterocycles. The summed E-state index contributed by atoms with van der Waals surface area (Å²) in [6.45, 7) is 4.48. The molecule has 1 heterocycles. The third kappa shape index (κ3) is 1.59. The minimum absolute atomic E-state index is 0.194. The van der Waals surface area contributed by atoms with Crippen LogP contribution in [0.25, 0.3) is 10.9 Å². The SMILES string of the molecule is CC(C)(CBr)c1ccc2cc[nH]c2c1. The first-order chi connectivity index (χ1) is 6.63. The van der Waals surface area contributed by atoms with Crippen molar-refractivity contribution in [2.45, 2.75) is 19.3 Å². The highest BCUT2D eigenvalue weighted by Crippen LogP contribution is 2.27. The van der Waals surface area contributed by atoms with Gasteiger partial charge in [-0.1, -0.05) is 41.9 Å². The molecule has 0 spiro atoms. The fourth-order valence-electron chi connectivity index (χ4n) is 1.55. The third-order valence-corrected chi connectivity index (χ3v) is 4.07. The van der Waals surface area contributed by atoms with Crippen molar-refractivity contribution in [3.05, 3.63) is 36.0 Å². The maximum atomic E-state index is 3.55. The van der Waals surface area contributed by atoms with Crippen molar-refractivity contribution in [2.75, 3.05) is 5.33 Å². The first-order valence-corrected chi connectivity index (χ1v) is 5.89. The lowest BCUT2D eigenvalue weighted by Crippen LogP contribution is -2.18. The van der Waals surface area contributed by atoms with Crippen LogP contribution < -0.4 is 0 Å². The molecule has 0 fully saturated rings. The Hall–Kier alpha value is -0.760. The smallest absolute Gasteiger partial charge is 0.0456 e. The molecule has 2 heteroatoms. The lowest BCUT2D eigenvalue weighted by atomic mass is 9.87. The van der Waals surface area contributed by atoms with Gasteiger partial charge in [0.2, 0.25) is 0 Å². The van der Waals surface area contributed by atoms with Crippen molar-refractivity contribution in [3.8, 4) is 0 Å². The second-order valence-corrected chi connectivity index (χ2v) is 4.86. The second-order valence-electron chi connectivity index (χ2n) is 4.30. The van der Waals surface area contributed by atoms with Crippen LogP contribution in [0.1, 0.15) is 19.4 Å². The average Bonchev–Trinajstić information content (AvgIpc) is 2.64. The van der Waals surface area contributed by atoms with Crippen LogP contribution in [-0.4, -0.2) is 10.3 Å². The van der Waals surface area contributed by atoms with Crippen LogP contribution in [0.15, 0.2) is 30.5 Å². The Bertz CT molecular complexity index is 442. The van der Waals surface area contributed by atoms with E-state index in [1.165, 1.54) is 16.5 Å². The highest BCUT2D eigenvalue weighted by molar-refractivity contribution is 9.09. The van der Waals surface area contributed by atoms with Crippen LogP contribution in [0.4, 0.5) is 0 Å². The highest BCUT2D eigenvalue weighted by atomic mass is 79.9. The van der Waals surface area contributed by atoms with Crippen molar-refractivity contribution in [3.63, 3.8) is 0 Å². The maximum Gasteiger partial charge on any atom is 0.0456 e. The van der Waals surface area contributed by atoms with Gasteiger partial charge < -0.3 is 4.98 Å². The van der Waals surface area contributed by atoms with Crippen molar-refractivity contribution < 1.29 is 0 Å². The number of benzene rings is 1. The molecule has 0 aliphatic rings. The molecule has 1 N–H and O–H groups in total. The summed E-state index contributed by atoms with van der Waals surface area (Å²) in [6, 6.07) is 8.71. The second kappa shape index (κ2) is 3.43. The van der Waals surface area contributed by atoms with E-state index < -0.39 is 0 Å². The number of aromatic nitrogens is 1. The van der Waals surface area contributed by atoms with Gasteiger partial charge in [-0.15, -0.1) is 0 Å². The van der Waals surface area contributed by atoms with Gasteiger partial charge in [0.1, 0.15) is 0 Å². The highest BCUT2D eigenvalue weighted by Gasteiger charge is 2.18. The Morgan fingerprint density at radius 2 is 2.07 bits per heavy atom. The number of hydrogen-bond acceptors (Lipinski definition) is 0. The predicted molar refractivity (Wildman–Crippen MR) is 65.1 cm³/mol. The minimum atomic E-state index is 0.194. The van der Waals surface area contributed by atoms with Gasteiger partial charge in [0.15, 0.2) is 0 Å². The zero-order chi connectivity index (χ0) is 10.2. The summed E-state index contributed by atoms with van der Waals surface area (Å²) < 4.78 is 0. The normalized spacial score (nSPS) is 12.2. The summed E-state index contributed by atoms with van der Waals surface area (Å²) in [6.07, 6.45) is 1.98. The molecular formula is C12H14BrN. The number of aromatic amines is 1. The standard InChI is InChI=1S/C12H14BrN/c1-12(2,8-13)10-4-3-9-5-6-14-11(9)7-10/h3-7,14H,8H2,1-2H3. The van der Waals surface area contributed by atoms with Gasteiger partial charge in [0, 0.05) is 17.0 Å². The van der Waals surface area contributed by atoms with E-state index in [0.717, 1.165) is 5.33 Å². The van der Waals surface area contributed by atoms with Crippen LogP contribution in [0, 0.1) is 0 Å². The zero-order valence-electron chi connectivity index (χ0n) is 8.47. The van der Waals surface area contributed by atoms with Crippen LogP contribution in [0.5, 0.6) is 0 Å². The summed E-state index contributed by atoms with van der Waals surface area (Å²) in [5, 5.41) is 2.26. The summed E-state index contributed by atoms with van der Waals surface area (Å²) in [5.74, 6) is 0. The molecule has 74 valence electrons. The number of nitrogens with one attached hydrogen (secondary N) is 1. The Labute approximate surface area is 92.6 Å². The van der Waals surface area contributed by atoms with Gasteiger partial charge in [-0.2, -0.15) is 0 Å². The van der Waals surface area contributed by atoms with E-state index in [0.29, 0.717) is 0 Å². The van der Waals surface area contributed by atoms with E-state index in [1.54, 1.807) is 0 Å². The molecule has 0 saturated carbocycles. The molecule has 0 amide bonds. The molecule has 14 heavy (non-hydrogen) atoms. The molecule has 0 atom stereocenters. The summed E-state index contributed by atoms with van der Waals surface area (Å²) in [7, 11) is 0. The molecule has 0 radical (unpaired) electrons. The largest absolute Gasteiger partial charge is 0.361 e. The lowest BCUT2D eigenvalue weighted by Gasteiger charge is -2.22. The van der Waals surface area contributed by atoms with E-state index in [2.05, 4.69) is 59.0 Å². The quantitative estimate of drug-likeness (QED) is 0.781. The van der Waals surface area contributed by atoms with Crippen LogP contribution >= 0.6 is 15.9 Å². The van der Waals surface area contributed by atoms with Crippen molar-refractivity contribution >= 4 is 26.8 Å². The Morgan fingerprint density at radius 1 is 1.29 bits per heavy atom. The first kappa shape index (κ1) is 9.78. The van der Waals surface area contributed by atoms with Gasteiger partial charge in [-0.05, 0) is 28.5 Å². The van der Waals surface area contributed by atoms with E-state index in [4.69, 9.17) is 0 Å². The van der Waals surface area contributed by atoms with Gasteiger partial charge >= 0.3 is 0 Å². The Balaban J connectivity index is 2.53. The number of rotatable bonds is 2. The molecule has 0 bridgehead atoms. The fourth-order valence-corrected chi connectivity index (χ4v) is 1.87. The minimum Gasteiger partial charge on any atom is -0.361 e. The third-order valence-electron chi connectivity index (χ3n) is 2.67. The topological polar surface area (TPSA) is 15.8 Å². The van der Waals surface area contributed by atoms with Crippen molar-refractivity contribution in [1.29, 1.82) is 0 Å². The fraction of sp³-hybridized carbons (Fsp3) is 0.333. The van der Waals surface area contributed by atoms with Crippen LogP contribution in [-0.2, 0) is 5.41 Å². The first-order valence-electron chi connectivity index (χ1n) is 4.77. The Kier molecular flexibility index (Phi) is 2.40. The number of hydrogen-bond donors (Lipinski definition) is 1. The molecule has 1 aromatic carbocycles. The van der Waals surface area contributed by atoms with Crippen molar-refractivity contribution in [2.24, 2.45) is 0 Å². The molecule has 2 aromatic rings. The molecule has 2 rings (SSSR count). The zero-order valence-corrected chi connectivity index (χ0v) is 10.1. The van der Waals surface area contributed by atoms with E-state index in [1.807, 2.05) is 6.20 Å². The molecule has 0 aliphatic carbocycles. The number of alkyl halides is 1. The van der Waals surface area contributed by atoms with Gasteiger partial charge in [0.25, 0.3) is 0 Å². The summed E-state index contributed by atoms with van der Waals surface area (Å²) in [4.78, 5) is 3.24. The van der Waals surface area contributed by atoms with Gasteiger partial charge in [-0.3, -0.25) is 0 Å². The van der Waals surface area contributed by atoms with Gasteiger partial charge in [-0.25, -0.2) is 0 Å². The van der Waals surface area contributed by atoms with E-state index in [-0.39, 0.29) is 5.41 Å². The number of fused-ring (bicyclic) bond motifs is 1. The molecule has 0 aliphatic heterocycles. The summed E-state index contributed by atoms with van der Waals surface area (Å²) >= 11 is 3.55. The average molecular weight is 252 g/mol. The monoisotopic (exact) mass is 251 g/mol. The molecule has 1 aromatic heterocycles. The maximum absolute atomic E-state index is 3.55. The predicted octanol–water partition coefficient (Wildman–Crippen LogP) is 3.84. The van der Waals surface area contributed by atoms with Crippen molar-refractivity contribution in [1.82, 2.24) is 4.98 Å². The number of H-pyrrole nitrogens is 1. The molecule has 0 unspecified atom stereocenters. The molecular weight excluding hydrogens is 238 g/mol. The lowest BCUT2D eigenvalue weighted by molar-refractivity contribution is 0.607. The van der Waals surface area contributed by atoms with Crippen LogP contribution in [0.2, 0.25) is 0 Å². The van der Waals surface area contributed by atoms with Gasteiger partial charge in [0.05, 0.1) is 0 Å². The van der Waals surface area contributed by atoms with E-state index in [9.17, 15) is 0 Å². The summed E-state index contributed by atoms with van der Waals surface area (Å²) in [5.41, 5.74) is 2.78. The Morgan fingerprint density at radius 3 is 2.79 bits per heavy atom. The number of halogens is 1. The molecule has 1 nitrogen and oxygen atoms in total. The van der Waals surface area contributed by atoms with Crippen LogP contribution in [0.3, 0.4) is 0 Å².